The minimum Gasteiger partial charge on any atom is -0.493 e. The summed E-state index contributed by atoms with van der Waals surface area (Å²) < 4.78 is 16.2. The Labute approximate surface area is 183 Å². The maximum absolute atomic E-state index is 5.41. The van der Waals surface area contributed by atoms with Crippen molar-refractivity contribution in [3.05, 3.63) is 53.1 Å². The van der Waals surface area contributed by atoms with Gasteiger partial charge in [0, 0.05) is 26.1 Å². The van der Waals surface area contributed by atoms with Crippen molar-refractivity contribution in [2.75, 3.05) is 34.9 Å². The number of aliphatic imine (C=N–C) groups is 1. The van der Waals surface area contributed by atoms with Crippen LogP contribution in [0.15, 0.2) is 41.4 Å². The van der Waals surface area contributed by atoms with Crippen molar-refractivity contribution >= 4 is 29.9 Å². The summed E-state index contributed by atoms with van der Waals surface area (Å²) >= 11 is 0. The molecule has 1 unspecified atom stereocenters. The van der Waals surface area contributed by atoms with Crippen LogP contribution in [0.2, 0.25) is 0 Å². The molecule has 0 spiro atoms. The molecule has 1 atom stereocenters. The number of halogens is 1. The Balaban J connectivity index is 0.00000280. The third-order valence-corrected chi connectivity index (χ3v) is 4.89. The van der Waals surface area contributed by atoms with Crippen LogP contribution in [0.1, 0.15) is 22.6 Å². The van der Waals surface area contributed by atoms with Gasteiger partial charge in [-0.15, -0.1) is 24.0 Å². The van der Waals surface area contributed by atoms with E-state index in [1.54, 1.807) is 28.4 Å². The summed E-state index contributed by atoms with van der Waals surface area (Å²) in [4.78, 5) is 4.32. The Morgan fingerprint density at radius 1 is 1.04 bits per heavy atom. The van der Waals surface area contributed by atoms with Crippen LogP contribution in [0.25, 0.3) is 0 Å². The van der Waals surface area contributed by atoms with Crippen molar-refractivity contribution in [3.8, 4) is 17.2 Å². The fourth-order valence-electron chi connectivity index (χ4n) is 3.41. The SMILES string of the molecule is CN=C(NCc1cc(OC)c(OC)c(OC)c1)NCC1Cc2ccccc21.I. The number of guanidine groups is 1. The molecular weight excluding hydrogens is 469 g/mol. The van der Waals surface area contributed by atoms with Gasteiger partial charge in [-0.25, -0.2) is 0 Å². The first kappa shape index (κ1) is 22.1. The first-order valence-corrected chi connectivity index (χ1v) is 9.01. The zero-order valence-corrected chi connectivity index (χ0v) is 19.1. The average molecular weight is 497 g/mol. The molecule has 0 heterocycles. The summed E-state index contributed by atoms with van der Waals surface area (Å²) in [5, 5.41) is 6.75. The Bertz CT molecular complexity index is 801. The zero-order chi connectivity index (χ0) is 19.2. The lowest BCUT2D eigenvalue weighted by atomic mass is 9.78. The lowest BCUT2D eigenvalue weighted by molar-refractivity contribution is 0.323. The smallest absolute Gasteiger partial charge is 0.203 e. The third kappa shape index (κ3) is 4.81. The minimum atomic E-state index is 0. The van der Waals surface area contributed by atoms with Crippen LogP contribution < -0.4 is 24.8 Å². The summed E-state index contributed by atoms with van der Waals surface area (Å²) in [7, 11) is 6.61. The number of hydrogen-bond acceptors (Lipinski definition) is 4. The second-order valence-electron chi connectivity index (χ2n) is 6.44. The molecule has 0 bridgehead atoms. The molecule has 1 aliphatic rings. The van der Waals surface area contributed by atoms with Crippen LogP contribution in [0, 0.1) is 0 Å². The Morgan fingerprint density at radius 3 is 2.29 bits per heavy atom. The first-order chi connectivity index (χ1) is 13.2. The molecule has 0 radical (unpaired) electrons. The van der Waals surface area contributed by atoms with E-state index in [0.29, 0.717) is 29.7 Å². The molecule has 28 heavy (non-hydrogen) atoms. The average Bonchev–Trinajstić information content (AvgIpc) is 2.69. The maximum Gasteiger partial charge on any atom is 0.203 e. The van der Waals surface area contributed by atoms with E-state index in [1.165, 1.54) is 11.1 Å². The van der Waals surface area contributed by atoms with Gasteiger partial charge >= 0.3 is 0 Å². The fraction of sp³-hybridized carbons (Fsp3) is 0.381. The highest BCUT2D eigenvalue weighted by atomic mass is 127. The molecule has 2 aromatic rings. The van der Waals surface area contributed by atoms with E-state index in [2.05, 4.69) is 39.9 Å². The number of hydrogen-bond donors (Lipinski definition) is 2. The van der Waals surface area contributed by atoms with E-state index in [0.717, 1.165) is 24.5 Å². The first-order valence-electron chi connectivity index (χ1n) is 9.01. The van der Waals surface area contributed by atoms with Crippen LogP contribution in [-0.4, -0.2) is 40.9 Å². The molecule has 0 aromatic heterocycles. The summed E-state index contributed by atoms with van der Waals surface area (Å²) in [6, 6.07) is 12.5. The number of nitrogens with one attached hydrogen (secondary N) is 2. The van der Waals surface area contributed by atoms with E-state index in [9.17, 15) is 0 Å². The molecule has 3 rings (SSSR count). The molecule has 0 fully saturated rings. The summed E-state index contributed by atoms with van der Waals surface area (Å²) in [5.41, 5.74) is 3.90. The van der Waals surface area contributed by atoms with Gasteiger partial charge < -0.3 is 24.8 Å². The maximum atomic E-state index is 5.41. The lowest BCUT2D eigenvalue weighted by Gasteiger charge is -2.30. The highest BCUT2D eigenvalue weighted by molar-refractivity contribution is 14.0. The van der Waals surface area contributed by atoms with Crippen molar-refractivity contribution in [1.82, 2.24) is 10.6 Å². The molecule has 7 heteroatoms. The highest BCUT2D eigenvalue weighted by Crippen LogP contribution is 2.38. The molecule has 2 N–H and O–H groups in total. The molecule has 2 aromatic carbocycles. The van der Waals surface area contributed by atoms with Gasteiger partial charge in [0.1, 0.15) is 0 Å². The predicted octanol–water partition coefficient (Wildman–Crippen LogP) is 3.34. The number of fused-ring (bicyclic) bond motifs is 1. The lowest BCUT2D eigenvalue weighted by Crippen LogP contribution is -2.40. The van der Waals surface area contributed by atoms with Gasteiger partial charge in [0.05, 0.1) is 21.3 Å². The van der Waals surface area contributed by atoms with Crippen molar-refractivity contribution in [1.29, 1.82) is 0 Å². The number of rotatable bonds is 7. The normalized spacial score (nSPS) is 14.9. The molecular formula is C21H28IN3O3. The van der Waals surface area contributed by atoms with E-state index in [-0.39, 0.29) is 24.0 Å². The van der Waals surface area contributed by atoms with Gasteiger partial charge in [-0.1, -0.05) is 24.3 Å². The van der Waals surface area contributed by atoms with Crippen LogP contribution in [0.5, 0.6) is 17.2 Å². The van der Waals surface area contributed by atoms with Crippen LogP contribution in [-0.2, 0) is 13.0 Å². The number of methoxy groups -OCH3 is 3. The van der Waals surface area contributed by atoms with E-state index >= 15 is 0 Å². The minimum absolute atomic E-state index is 0. The molecule has 6 nitrogen and oxygen atoms in total. The summed E-state index contributed by atoms with van der Waals surface area (Å²) in [6.45, 7) is 1.46. The fourth-order valence-corrected chi connectivity index (χ4v) is 3.41. The largest absolute Gasteiger partial charge is 0.493 e. The van der Waals surface area contributed by atoms with Gasteiger partial charge in [-0.05, 0) is 35.2 Å². The van der Waals surface area contributed by atoms with Crippen LogP contribution in [0.4, 0.5) is 0 Å². The van der Waals surface area contributed by atoms with E-state index in [4.69, 9.17) is 14.2 Å². The van der Waals surface area contributed by atoms with E-state index in [1.807, 2.05) is 12.1 Å². The molecule has 0 amide bonds. The molecule has 0 aliphatic heterocycles. The third-order valence-electron chi connectivity index (χ3n) is 4.89. The van der Waals surface area contributed by atoms with Gasteiger partial charge in [0.15, 0.2) is 17.5 Å². The Kier molecular flexibility index (Phi) is 8.22. The number of nitrogens with zero attached hydrogens (tertiary/aromatic N) is 1. The molecule has 152 valence electrons. The van der Waals surface area contributed by atoms with E-state index < -0.39 is 0 Å². The predicted molar refractivity (Wildman–Crippen MR) is 123 cm³/mol. The van der Waals surface area contributed by atoms with Gasteiger partial charge in [0.25, 0.3) is 0 Å². The molecule has 0 saturated heterocycles. The number of ether oxygens (including phenoxy) is 3. The second kappa shape index (κ2) is 10.4. The van der Waals surface area contributed by atoms with Crippen molar-refractivity contribution in [3.63, 3.8) is 0 Å². The van der Waals surface area contributed by atoms with Crippen molar-refractivity contribution in [2.45, 2.75) is 18.9 Å². The Hall–Kier alpha value is -2.16. The monoisotopic (exact) mass is 497 g/mol. The number of benzene rings is 2. The van der Waals surface area contributed by atoms with Crippen molar-refractivity contribution in [2.24, 2.45) is 4.99 Å². The summed E-state index contributed by atoms with van der Waals surface area (Å²) in [6.07, 6.45) is 1.12. The molecule has 1 aliphatic carbocycles. The topological polar surface area (TPSA) is 64.1 Å². The standard InChI is InChI=1S/C21H27N3O3.HI/c1-22-21(24-13-16-11-15-7-5-6-8-17(15)16)23-12-14-9-18(25-2)20(27-4)19(10-14)26-3;/h5-10,16H,11-13H2,1-4H3,(H2,22,23,24);1H. The molecule has 0 saturated carbocycles. The second-order valence-corrected chi connectivity index (χ2v) is 6.44. The zero-order valence-electron chi connectivity index (χ0n) is 16.7. The Morgan fingerprint density at radius 2 is 1.71 bits per heavy atom. The van der Waals surface area contributed by atoms with Gasteiger partial charge in [-0.3, -0.25) is 4.99 Å². The highest BCUT2D eigenvalue weighted by Gasteiger charge is 2.25. The summed E-state index contributed by atoms with van der Waals surface area (Å²) in [5.74, 6) is 3.19. The van der Waals surface area contributed by atoms with Crippen LogP contribution >= 0.6 is 24.0 Å². The van der Waals surface area contributed by atoms with Crippen LogP contribution in [0.3, 0.4) is 0 Å². The van der Waals surface area contributed by atoms with Gasteiger partial charge in [0.2, 0.25) is 5.75 Å². The van der Waals surface area contributed by atoms with Gasteiger partial charge in [-0.2, -0.15) is 0 Å². The van der Waals surface area contributed by atoms with Crippen molar-refractivity contribution < 1.29 is 14.2 Å². The quantitative estimate of drug-likeness (QED) is 0.349.